The van der Waals surface area contributed by atoms with Crippen molar-refractivity contribution < 1.29 is 46.9 Å². The van der Waals surface area contributed by atoms with Crippen LogP contribution in [0.15, 0.2) is 60.7 Å². The van der Waals surface area contributed by atoms with E-state index in [-0.39, 0.29) is 13.2 Å². The van der Waals surface area contributed by atoms with Gasteiger partial charge in [0.05, 0.1) is 13.2 Å². The molecule has 10 nitrogen and oxygen atoms in total. The van der Waals surface area contributed by atoms with E-state index in [1.807, 2.05) is 36.4 Å². The molecular weight excluding hydrogens is 462 g/mol. The third-order valence-corrected chi connectivity index (χ3v) is 5.86. The van der Waals surface area contributed by atoms with E-state index >= 15 is 0 Å². The van der Waals surface area contributed by atoms with Gasteiger partial charge in [-0.2, -0.15) is 0 Å². The molecule has 0 saturated carbocycles. The van der Waals surface area contributed by atoms with Gasteiger partial charge in [0.15, 0.2) is 24.8 Å². The summed E-state index contributed by atoms with van der Waals surface area (Å²) in [6.45, 7) is 0.115. The van der Waals surface area contributed by atoms with E-state index in [4.69, 9.17) is 28.0 Å². The zero-order chi connectivity index (χ0) is 22.5. The van der Waals surface area contributed by atoms with E-state index in [1.165, 1.54) is 0 Å². The Balaban J connectivity index is 1.57. The molecule has 2 aliphatic heterocycles. The molecule has 2 fully saturated rings. The molecule has 2 heterocycles. The molecule has 2 aromatic rings. The average molecular weight is 482 g/mol. The van der Waals surface area contributed by atoms with Gasteiger partial charge < -0.3 is 28.7 Å². The van der Waals surface area contributed by atoms with Gasteiger partial charge in [-0.25, -0.2) is 0 Å². The van der Waals surface area contributed by atoms with Crippen molar-refractivity contribution in [1.29, 1.82) is 0 Å². The van der Waals surface area contributed by atoms with Crippen molar-refractivity contribution in [3.05, 3.63) is 71.8 Å². The Morgan fingerprint density at radius 1 is 0.875 bits per heavy atom. The maximum atomic E-state index is 11.5. The molecule has 0 N–H and O–H groups in total. The fraction of sp³-hybridized carbons (Fsp3) is 0.400. The fourth-order valence-corrected chi connectivity index (χ4v) is 4.50. The first kappa shape index (κ1) is 23.5. The van der Waals surface area contributed by atoms with Gasteiger partial charge in [-0.05, 0) is 14.7 Å². The smallest absolute Gasteiger partial charge is 0.489 e. The molecule has 0 spiro atoms. The summed E-state index contributed by atoms with van der Waals surface area (Å²) >= 11 is 0. The number of hydrogen-bond acceptors (Lipinski definition) is 10. The maximum absolute atomic E-state index is 11.5. The van der Waals surface area contributed by atoms with Gasteiger partial charge in [0.1, 0.15) is 12.2 Å². The van der Waals surface area contributed by atoms with Crippen molar-refractivity contribution in [2.45, 2.75) is 43.6 Å². The lowest BCUT2D eigenvalue weighted by molar-refractivity contribution is -0.361. The van der Waals surface area contributed by atoms with E-state index in [0.29, 0.717) is 5.56 Å². The molecule has 0 radical (unpaired) electrons. The van der Waals surface area contributed by atoms with Crippen molar-refractivity contribution in [3.8, 4) is 0 Å². The van der Waals surface area contributed by atoms with Crippen molar-refractivity contribution in [3.63, 3.8) is 0 Å². The minimum atomic E-state index is -3.37. The summed E-state index contributed by atoms with van der Waals surface area (Å²) in [5.41, 5.74) is 1.50. The highest BCUT2D eigenvalue weighted by Gasteiger charge is 2.56. The summed E-state index contributed by atoms with van der Waals surface area (Å²) in [5.74, 6) is 0. The standard InChI is InChI=1S/C20H20O10P2/c21-31(22)29-17-16-15(12-26-19(28-16)14-9-5-2-6-10-14)27-20(18(17)30-32(23)24)25-11-13-7-3-1-4-8-13/h1-10,15-20H,11-12H2/t15-,16+,17+,18-,19?,20-/m1/s1. The highest BCUT2D eigenvalue weighted by Crippen LogP contribution is 2.40. The van der Waals surface area contributed by atoms with Crippen LogP contribution in [-0.2, 0) is 43.7 Å². The van der Waals surface area contributed by atoms with Crippen molar-refractivity contribution in [2.75, 3.05) is 6.61 Å². The molecule has 2 saturated heterocycles. The molecular formula is C20H20O10P2. The van der Waals surface area contributed by atoms with Crippen molar-refractivity contribution in [2.24, 2.45) is 0 Å². The Labute approximate surface area is 185 Å². The minimum absolute atomic E-state index is 0.0428. The second-order valence-corrected chi connectivity index (χ2v) is 8.42. The lowest BCUT2D eigenvalue weighted by atomic mass is 9.98. The van der Waals surface area contributed by atoms with E-state index in [9.17, 15) is 18.9 Å². The molecule has 3 unspecified atom stereocenters. The second-order valence-electron chi connectivity index (χ2n) is 7.10. The quantitative estimate of drug-likeness (QED) is 0.513. The lowest BCUT2D eigenvalue weighted by Crippen LogP contribution is -2.63. The molecule has 0 bridgehead atoms. The SMILES string of the molecule is O=[P+]([O-])O[C@H]1[C@H]2OC(c3ccccc3)OC[C@H]2O[C@@H](OCc2ccccc2)[C@@H]1O[P+](=O)[O-]. The topological polar surface area (TPSA) is 136 Å². The summed E-state index contributed by atoms with van der Waals surface area (Å²) < 4.78 is 56.2. The van der Waals surface area contributed by atoms with Gasteiger partial charge in [-0.1, -0.05) is 60.7 Å². The Bertz CT molecular complexity index is 915. The molecule has 0 amide bonds. The molecule has 8 atom stereocenters. The molecule has 2 aliphatic rings. The van der Waals surface area contributed by atoms with Gasteiger partial charge in [0.2, 0.25) is 0 Å². The summed E-state index contributed by atoms with van der Waals surface area (Å²) in [7, 11) is -6.73. The van der Waals surface area contributed by atoms with Crippen LogP contribution in [-0.4, -0.2) is 37.3 Å². The highest BCUT2D eigenvalue weighted by atomic mass is 31.1. The van der Waals surface area contributed by atoms with Crippen LogP contribution >= 0.6 is 16.5 Å². The third-order valence-electron chi connectivity index (χ3n) is 5.03. The molecule has 12 heteroatoms. The number of fused-ring (bicyclic) bond motifs is 1. The van der Waals surface area contributed by atoms with Gasteiger partial charge >= 0.3 is 16.5 Å². The summed E-state index contributed by atoms with van der Waals surface area (Å²) in [4.78, 5) is 22.8. The van der Waals surface area contributed by atoms with E-state index < -0.39 is 53.5 Å². The molecule has 0 aromatic heterocycles. The van der Waals surface area contributed by atoms with Gasteiger partial charge in [0.25, 0.3) is 0 Å². The highest BCUT2D eigenvalue weighted by molar-refractivity contribution is 7.30. The molecule has 32 heavy (non-hydrogen) atoms. The van der Waals surface area contributed by atoms with Crippen LogP contribution in [0.3, 0.4) is 0 Å². The first-order chi connectivity index (χ1) is 15.5. The van der Waals surface area contributed by atoms with E-state index in [1.54, 1.807) is 24.3 Å². The zero-order valence-electron chi connectivity index (χ0n) is 16.6. The van der Waals surface area contributed by atoms with Crippen LogP contribution in [0, 0.1) is 0 Å². The number of benzene rings is 2. The average Bonchev–Trinajstić information content (AvgIpc) is 2.80. The molecule has 0 aliphatic carbocycles. The lowest BCUT2D eigenvalue weighted by Gasteiger charge is -2.45. The predicted octanol–water partition coefficient (Wildman–Crippen LogP) is 1.85. The van der Waals surface area contributed by atoms with E-state index in [2.05, 4.69) is 0 Å². The monoisotopic (exact) mass is 482 g/mol. The number of ether oxygens (including phenoxy) is 4. The van der Waals surface area contributed by atoms with Crippen LogP contribution < -0.4 is 9.79 Å². The largest absolute Gasteiger partial charge is 0.566 e. The first-order valence-electron chi connectivity index (χ1n) is 9.76. The Morgan fingerprint density at radius 2 is 1.50 bits per heavy atom. The number of hydrogen-bond donors (Lipinski definition) is 0. The van der Waals surface area contributed by atoms with Crippen LogP contribution in [0.4, 0.5) is 0 Å². The van der Waals surface area contributed by atoms with Crippen molar-refractivity contribution in [1.82, 2.24) is 0 Å². The second kappa shape index (κ2) is 11.0. The van der Waals surface area contributed by atoms with Crippen LogP contribution in [0.25, 0.3) is 0 Å². The minimum Gasteiger partial charge on any atom is -0.566 e. The van der Waals surface area contributed by atoms with Crippen molar-refractivity contribution >= 4 is 16.5 Å². The van der Waals surface area contributed by atoms with Gasteiger partial charge in [0, 0.05) is 5.56 Å². The van der Waals surface area contributed by atoms with Crippen LogP contribution in [0.5, 0.6) is 0 Å². The predicted molar refractivity (Wildman–Crippen MR) is 105 cm³/mol. The molecule has 4 rings (SSSR count). The van der Waals surface area contributed by atoms with Crippen LogP contribution in [0.1, 0.15) is 17.4 Å². The number of rotatable bonds is 8. The summed E-state index contributed by atoms with van der Waals surface area (Å²) in [6, 6.07) is 18.1. The van der Waals surface area contributed by atoms with E-state index in [0.717, 1.165) is 5.56 Å². The Morgan fingerprint density at radius 3 is 2.16 bits per heavy atom. The summed E-state index contributed by atoms with van der Waals surface area (Å²) in [6.07, 6.45) is -6.58. The summed E-state index contributed by atoms with van der Waals surface area (Å²) in [5, 5.41) is 0. The van der Waals surface area contributed by atoms with Gasteiger partial charge in [-0.15, -0.1) is 9.05 Å². The van der Waals surface area contributed by atoms with Crippen LogP contribution in [0.2, 0.25) is 0 Å². The first-order valence-corrected chi connectivity index (χ1v) is 12.0. The zero-order valence-corrected chi connectivity index (χ0v) is 18.4. The van der Waals surface area contributed by atoms with Gasteiger partial charge in [-0.3, -0.25) is 0 Å². The Hall–Kier alpha value is -1.68. The normalized spacial score (nSPS) is 30.9. The molecule has 2 aromatic carbocycles. The Kier molecular flexibility index (Phi) is 8.04. The maximum Gasteiger partial charge on any atom is 0.489 e. The fourth-order valence-electron chi connectivity index (χ4n) is 3.64. The third kappa shape index (κ3) is 5.81. The molecule has 170 valence electrons.